The predicted molar refractivity (Wildman–Crippen MR) is 36.0 cm³/mol. The van der Waals surface area contributed by atoms with Gasteiger partial charge in [-0.05, 0) is 0 Å². The molecule has 0 aromatic heterocycles. The van der Waals surface area contributed by atoms with Gasteiger partial charge in [-0.1, -0.05) is 0 Å². The molecule has 0 aliphatic carbocycles. The second kappa shape index (κ2) is 3.27. The highest BCUT2D eigenvalue weighted by Gasteiger charge is 2.22. The summed E-state index contributed by atoms with van der Waals surface area (Å²) in [7, 11) is 0. The van der Waals surface area contributed by atoms with Crippen molar-refractivity contribution in [2.75, 3.05) is 13.2 Å². The number of nitrogens with two attached hydrogens (primary N) is 1. The van der Waals surface area contributed by atoms with Crippen LogP contribution in [-0.4, -0.2) is 29.9 Å². The van der Waals surface area contributed by atoms with Crippen molar-refractivity contribution in [2.24, 2.45) is 5.90 Å². The average molecular weight is 156 g/mol. The van der Waals surface area contributed by atoms with Crippen molar-refractivity contribution in [3.05, 3.63) is 12.2 Å². The van der Waals surface area contributed by atoms with Gasteiger partial charge in [0.2, 0.25) is 0 Å². The predicted octanol–water partition coefficient (Wildman–Crippen LogP) is -1.20. The third kappa shape index (κ3) is 1.63. The molecule has 0 saturated heterocycles. The van der Waals surface area contributed by atoms with E-state index in [-0.39, 0.29) is 25.0 Å². The normalized spacial score (nSPS) is 16.6. The lowest BCUT2D eigenvalue weighted by Gasteiger charge is -2.11. The quantitative estimate of drug-likeness (QED) is 0.411. The molecule has 0 fully saturated rings. The van der Waals surface area contributed by atoms with Gasteiger partial charge in [0.1, 0.15) is 0 Å². The minimum Gasteiger partial charge on any atom is -0.303 e. The Balaban J connectivity index is 2.46. The first-order valence-corrected chi connectivity index (χ1v) is 3.11. The SMILES string of the molecule is NOCCN1C(=O)C=CC1=O. The third-order valence-corrected chi connectivity index (χ3v) is 1.33. The van der Waals surface area contributed by atoms with E-state index in [1.54, 1.807) is 0 Å². The molecule has 0 aromatic rings. The highest BCUT2D eigenvalue weighted by molar-refractivity contribution is 6.12. The Hall–Kier alpha value is -1.20. The Labute approximate surface area is 63.4 Å². The fraction of sp³-hybridized carbons (Fsp3) is 0.333. The number of hydrogen-bond donors (Lipinski definition) is 1. The molecule has 1 aliphatic rings. The van der Waals surface area contributed by atoms with Crippen LogP contribution in [0.25, 0.3) is 0 Å². The van der Waals surface area contributed by atoms with Gasteiger partial charge in [0, 0.05) is 12.2 Å². The number of rotatable bonds is 3. The highest BCUT2D eigenvalue weighted by Crippen LogP contribution is 2.01. The van der Waals surface area contributed by atoms with Crippen LogP contribution in [0.5, 0.6) is 0 Å². The fourth-order valence-corrected chi connectivity index (χ4v) is 0.796. The molecule has 0 atom stereocenters. The molecule has 0 saturated carbocycles. The third-order valence-electron chi connectivity index (χ3n) is 1.33. The molecular formula is C6H8N2O3. The van der Waals surface area contributed by atoms with Crippen molar-refractivity contribution in [1.29, 1.82) is 0 Å². The first-order valence-electron chi connectivity index (χ1n) is 3.11. The number of carbonyl (C=O) groups excluding carboxylic acids is 2. The molecule has 1 aliphatic heterocycles. The Morgan fingerprint density at radius 2 is 1.91 bits per heavy atom. The number of imide groups is 1. The summed E-state index contributed by atoms with van der Waals surface area (Å²) in [5.74, 6) is 4.10. The molecule has 5 heteroatoms. The molecule has 1 heterocycles. The molecule has 0 spiro atoms. The van der Waals surface area contributed by atoms with Crippen LogP contribution >= 0.6 is 0 Å². The van der Waals surface area contributed by atoms with Crippen LogP contribution in [0, 0.1) is 0 Å². The topological polar surface area (TPSA) is 72.6 Å². The van der Waals surface area contributed by atoms with Gasteiger partial charge in [0.25, 0.3) is 11.8 Å². The monoisotopic (exact) mass is 156 g/mol. The maximum Gasteiger partial charge on any atom is 0.253 e. The largest absolute Gasteiger partial charge is 0.303 e. The molecular weight excluding hydrogens is 148 g/mol. The van der Waals surface area contributed by atoms with Crippen molar-refractivity contribution in [3.8, 4) is 0 Å². The summed E-state index contributed by atoms with van der Waals surface area (Å²) in [6.45, 7) is 0.375. The molecule has 5 nitrogen and oxygen atoms in total. The van der Waals surface area contributed by atoms with Gasteiger partial charge in [-0.15, -0.1) is 0 Å². The lowest BCUT2D eigenvalue weighted by molar-refractivity contribution is -0.137. The van der Waals surface area contributed by atoms with E-state index in [4.69, 9.17) is 5.90 Å². The number of hydrogen-bond acceptors (Lipinski definition) is 4. The van der Waals surface area contributed by atoms with Gasteiger partial charge in [0.15, 0.2) is 0 Å². The van der Waals surface area contributed by atoms with Crippen molar-refractivity contribution >= 4 is 11.8 Å². The van der Waals surface area contributed by atoms with Crippen LogP contribution in [0.15, 0.2) is 12.2 Å². The van der Waals surface area contributed by atoms with E-state index in [1.165, 1.54) is 12.2 Å². The minimum absolute atomic E-state index is 0.166. The van der Waals surface area contributed by atoms with Gasteiger partial charge >= 0.3 is 0 Å². The zero-order valence-corrected chi connectivity index (χ0v) is 5.82. The molecule has 11 heavy (non-hydrogen) atoms. The highest BCUT2D eigenvalue weighted by atomic mass is 16.6. The number of amides is 2. The molecule has 0 radical (unpaired) electrons. The number of nitrogens with zero attached hydrogens (tertiary/aromatic N) is 1. The molecule has 60 valence electrons. The fourth-order valence-electron chi connectivity index (χ4n) is 0.796. The van der Waals surface area contributed by atoms with Crippen LogP contribution < -0.4 is 5.90 Å². The summed E-state index contributed by atoms with van der Waals surface area (Å²) < 4.78 is 0. The second-order valence-electron chi connectivity index (χ2n) is 2.03. The van der Waals surface area contributed by atoms with Crippen molar-refractivity contribution in [2.45, 2.75) is 0 Å². The Kier molecular flexibility index (Phi) is 2.35. The maximum absolute atomic E-state index is 10.8. The zero-order chi connectivity index (χ0) is 8.27. The van der Waals surface area contributed by atoms with E-state index in [2.05, 4.69) is 4.84 Å². The maximum atomic E-state index is 10.8. The smallest absolute Gasteiger partial charge is 0.253 e. The van der Waals surface area contributed by atoms with Crippen LogP contribution in [0.3, 0.4) is 0 Å². The summed E-state index contributed by atoms with van der Waals surface area (Å²) in [6.07, 6.45) is 2.44. The van der Waals surface area contributed by atoms with E-state index in [0.29, 0.717) is 0 Å². The first-order chi connectivity index (χ1) is 5.25. The summed E-state index contributed by atoms with van der Waals surface area (Å²) in [4.78, 5) is 26.9. The van der Waals surface area contributed by atoms with Gasteiger partial charge < -0.3 is 4.84 Å². The minimum atomic E-state index is -0.313. The Bertz CT molecular complexity index is 194. The van der Waals surface area contributed by atoms with Crippen LogP contribution in [0.4, 0.5) is 0 Å². The molecule has 0 bridgehead atoms. The lowest BCUT2D eigenvalue weighted by atomic mass is 10.5. The molecule has 1 rings (SSSR count). The van der Waals surface area contributed by atoms with Gasteiger partial charge in [-0.3, -0.25) is 14.5 Å². The second-order valence-corrected chi connectivity index (χ2v) is 2.03. The standard InChI is InChI=1S/C6H8N2O3/c7-11-4-3-8-5(9)1-2-6(8)10/h1-2H,3-4,7H2. The molecule has 0 unspecified atom stereocenters. The first kappa shape index (κ1) is 7.90. The molecule has 2 N–H and O–H groups in total. The summed E-state index contributed by atoms with van der Waals surface area (Å²) in [6, 6.07) is 0. The van der Waals surface area contributed by atoms with Crippen molar-refractivity contribution in [1.82, 2.24) is 4.90 Å². The van der Waals surface area contributed by atoms with Crippen LogP contribution in [0.2, 0.25) is 0 Å². The molecule has 0 aromatic carbocycles. The van der Waals surface area contributed by atoms with E-state index >= 15 is 0 Å². The summed E-state index contributed by atoms with van der Waals surface area (Å²) in [5, 5.41) is 0. The van der Waals surface area contributed by atoms with Crippen molar-refractivity contribution < 1.29 is 14.4 Å². The van der Waals surface area contributed by atoms with E-state index < -0.39 is 0 Å². The summed E-state index contributed by atoms with van der Waals surface area (Å²) in [5.41, 5.74) is 0. The summed E-state index contributed by atoms with van der Waals surface area (Å²) >= 11 is 0. The Morgan fingerprint density at radius 3 is 2.36 bits per heavy atom. The van der Waals surface area contributed by atoms with Crippen LogP contribution in [-0.2, 0) is 14.4 Å². The average Bonchev–Trinajstić information content (AvgIpc) is 2.29. The van der Waals surface area contributed by atoms with E-state index in [1.807, 2.05) is 0 Å². The van der Waals surface area contributed by atoms with Gasteiger partial charge in [0.05, 0.1) is 13.2 Å². The van der Waals surface area contributed by atoms with Gasteiger partial charge in [-0.25, -0.2) is 5.90 Å². The number of carbonyl (C=O) groups is 2. The molecule has 2 amide bonds. The van der Waals surface area contributed by atoms with Crippen LogP contribution in [0.1, 0.15) is 0 Å². The van der Waals surface area contributed by atoms with E-state index in [0.717, 1.165) is 4.90 Å². The zero-order valence-electron chi connectivity index (χ0n) is 5.82. The lowest BCUT2D eigenvalue weighted by Crippen LogP contribution is -2.33. The van der Waals surface area contributed by atoms with Gasteiger partial charge in [-0.2, -0.15) is 0 Å². The Morgan fingerprint density at radius 1 is 1.36 bits per heavy atom. The van der Waals surface area contributed by atoms with Crippen molar-refractivity contribution in [3.63, 3.8) is 0 Å². The van der Waals surface area contributed by atoms with E-state index in [9.17, 15) is 9.59 Å².